The maximum atomic E-state index is 12.9. The van der Waals surface area contributed by atoms with Crippen molar-refractivity contribution >= 4 is 42.4 Å². The molecule has 9 heteroatoms. The summed E-state index contributed by atoms with van der Waals surface area (Å²) < 4.78 is 0. The van der Waals surface area contributed by atoms with Crippen LogP contribution in [0.2, 0.25) is 0 Å². The molecule has 168 valence electrons. The maximum absolute atomic E-state index is 12.9. The number of hydrogen-bond donors (Lipinski definition) is 2. The summed E-state index contributed by atoms with van der Waals surface area (Å²) in [7, 11) is 0. The standard InChI is InChI=1S/C21H31N5O2.2ClH/c27-20(18-6-3-9-22-18)24-13-16-5-4-12-26(15-16)21(28)17-7-8-19(23-14-17)25-10-1-2-11-25;;/h7-8,14,16,18,22H,1-6,9-13,15H2,(H,24,27);2*1H. The van der Waals surface area contributed by atoms with Gasteiger partial charge in [0.25, 0.3) is 5.91 Å². The lowest BCUT2D eigenvalue weighted by atomic mass is 9.97. The molecule has 7 nitrogen and oxygen atoms in total. The number of halogens is 2. The highest BCUT2D eigenvalue weighted by molar-refractivity contribution is 5.94. The predicted molar refractivity (Wildman–Crippen MR) is 123 cm³/mol. The Morgan fingerprint density at radius 3 is 2.53 bits per heavy atom. The van der Waals surface area contributed by atoms with Gasteiger partial charge in [0, 0.05) is 38.9 Å². The molecule has 0 aliphatic carbocycles. The summed E-state index contributed by atoms with van der Waals surface area (Å²) in [5, 5.41) is 6.31. The molecule has 0 bridgehead atoms. The van der Waals surface area contributed by atoms with Gasteiger partial charge in [0.2, 0.25) is 5.91 Å². The van der Waals surface area contributed by atoms with Crippen molar-refractivity contribution in [3.05, 3.63) is 23.9 Å². The van der Waals surface area contributed by atoms with Crippen LogP contribution in [-0.2, 0) is 4.79 Å². The van der Waals surface area contributed by atoms with Crippen LogP contribution >= 0.6 is 24.8 Å². The van der Waals surface area contributed by atoms with Gasteiger partial charge in [-0.1, -0.05) is 0 Å². The second-order valence-corrected chi connectivity index (χ2v) is 8.25. The third kappa shape index (κ3) is 5.99. The van der Waals surface area contributed by atoms with E-state index < -0.39 is 0 Å². The van der Waals surface area contributed by atoms with Crippen LogP contribution < -0.4 is 15.5 Å². The highest BCUT2D eigenvalue weighted by atomic mass is 35.5. The Morgan fingerprint density at radius 1 is 1.07 bits per heavy atom. The Kier molecular flexibility index (Phi) is 9.65. The minimum Gasteiger partial charge on any atom is -0.357 e. The molecule has 4 rings (SSSR count). The summed E-state index contributed by atoms with van der Waals surface area (Å²) in [5.74, 6) is 1.44. The Morgan fingerprint density at radius 2 is 1.87 bits per heavy atom. The van der Waals surface area contributed by atoms with Crippen LogP contribution in [-0.4, -0.2) is 67.0 Å². The lowest BCUT2D eigenvalue weighted by Gasteiger charge is -2.33. The quantitative estimate of drug-likeness (QED) is 0.708. The summed E-state index contributed by atoms with van der Waals surface area (Å²) in [5.41, 5.74) is 0.655. The summed E-state index contributed by atoms with van der Waals surface area (Å²) in [4.78, 5) is 33.8. The number of likely N-dealkylation sites (tertiary alicyclic amines) is 1. The van der Waals surface area contributed by atoms with E-state index in [2.05, 4.69) is 20.5 Å². The largest absolute Gasteiger partial charge is 0.357 e. The molecule has 2 N–H and O–H groups in total. The third-order valence-electron chi connectivity index (χ3n) is 6.17. The number of hydrogen-bond acceptors (Lipinski definition) is 5. The van der Waals surface area contributed by atoms with E-state index in [9.17, 15) is 9.59 Å². The molecule has 1 aromatic heterocycles. The zero-order valence-corrected chi connectivity index (χ0v) is 19.0. The van der Waals surface area contributed by atoms with Crippen LogP contribution in [0.3, 0.4) is 0 Å². The Hall–Kier alpha value is -1.57. The number of carbonyl (C=O) groups excluding carboxylic acids is 2. The average Bonchev–Trinajstić information content (AvgIpc) is 3.46. The van der Waals surface area contributed by atoms with E-state index in [1.807, 2.05) is 17.0 Å². The van der Waals surface area contributed by atoms with Gasteiger partial charge in [-0.25, -0.2) is 4.98 Å². The van der Waals surface area contributed by atoms with Crippen LogP contribution in [0.4, 0.5) is 5.82 Å². The van der Waals surface area contributed by atoms with Crippen LogP contribution in [0, 0.1) is 5.92 Å². The van der Waals surface area contributed by atoms with E-state index >= 15 is 0 Å². The number of amides is 2. The van der Waals surface area contributed by atoms with E-state index in [1.165, 1.54) is 12.8 Å². The Balaban J connectivity index is 0.00000160. The molecular formula is C21H33Cl2N5O2. The van der Waals surface area contributed by atoms with Crippen LogP contribution in [0.1, 0.15) is 48.9 Å². The van der Waals surface area contributed by atoms with Gasteiger partial charge in [-0.3, -0.25) is 9.59 Å². The van der Waals surface area contributed by atoms with Gasteiger partial charge in [-0.05, 0) is 63.1 Å². The summed E-state index contributed by atoms with van der Waals surface area (Å²) in [6, 6.07) is 3.83. The molecule has 2 unspecified atom stereocenters. The fourth-order valence-electron chi connectivity index (χ4n) is 4.52. The summed E-state index contributed by atoms with van der Waals surface area (Å²) in [6.07, 6.45) is 8.15. The number of anilines is 1. The van der Waals surface area contributed by atoms with Gasteiger partial charge in [-0.2, -0.15) is 0 Å². The molecule has 3 aliphatic rings. The van der Waals surface area contributed by atoms with Gasteiger partial charge >= 0.3 is 0 Å². The van der Waals surface area contributed by atoms with E-state index in [-0.39, 0.29) is 42.7 Å². The van der Waals surface area contributed by atoms with E-state index in [0.717, 1.165) is 57.7 Å². The normalized spacial score (nSPS) is 23.5. The second-order valence-electron chi connectivity index (χ2n) is 8.25. The molecule has 2 atom stereocenters. The number of pyridine rings is 1. The van der Waals surface area contributed by atoms with E-state index in [1.54, 1.807) is 6.20 Å². The van der Waals surface area contributed by atoms with Gasteiger partial charge < -0.3 is 20.4 Å². The molecule has 30 heavy (non-hydrogen) atoms. The molecule has 2 amide bonds. The first-order chi connectivity index (χ1) is 13.7. The second kappa shape index (κ2) is 11.7. The van der Waals surface area contributed by atoms with Gasteiger partial charge in [0.15, 0.2) is 0 Å². The molecular weight excluding hydrogens is 425 g/mol. The first-order valence-electron chi connectivity index (χ1n) is 10.7. The minimum atomic E-state index is -0.0403. The zero-order chi connectivity index (χ0) is 19.3. The van der Waals surface area contributed by atoms with Crippen molar-refractivity contribution < 1.29 is 9.59 Å². The molecule has 1 aromatic rings. The zero-order valence-electron chi connectivity index (χ0n) is 17.3. The van der Waals surface area contributed by atoms with Gasteiger partial charge in [-0.15, -0.1) is 24.8 Å². The van der Waals surface area contributed by atoms with Crippen molar-refractivity contribution in [3.8, 4) is 0 Å². The maximum Gasteiger partial charge on any atom is 0.255 e. The van der Waals surface area contributed by atoms with Crippen molar-refractivity contribution in [3.63, 3.8) is 0 Å². The van der Waals surface area contributed by atoms with Crippen LogP contribution in [0.5, 0.6) is 0 Å². The summed E-state index contributed by atoms with van der Waals surface area (Å²) >= 11 is 0. The topological polar surface area (TPSA) is 77.6 Å². The van der Waals surface area contributed by atoms with Gasteiger partial charge in [0.05, 0.1) is 11.6 Å². The van der Waals surface area contributed by atoms with Gasteiger partial charge in [0.1, 0.15) is 5.82 Å². The Labute approximate surface area is 191 Å². The predicted octanol–water partition coefficient (Wildman–Crippen LogP) is 2.25. The van der Waals surface area contributed by atoms with Crippen molar-refractivity contribution in [2.45, 2.75) is 44.6 Å². The van der Waals surface area contributed by atoms with Crippen molar-refractivity contribution in [1.29, 1.82) is 0 Å². The van der Waals surface area contributed by atoms with Crippen molar-refractivity contribution in [1.82, 2.24) is 20.5 Å². The van der Waals surface area contributed by atoms with Crippen molar-refractivity contribution in [2.75, 3.05) is 44.2 Å². The number of nitrogens with one attached hydrogen (secondary N) is 2. The number of carbonyl (C=O) groups is 2. The number of piperidine rings is 1. The highest BCUT2D eigenvalue weighted by Crippen LogP contribution is 2.21. The SMILES string of the molecule is Cl.Cl.O=C(NCC1CCCN(C(=O)c2ccc(N3CCCC3)nc2)C1)C1CCCN1. The van der Waals surface area contributed by atoms with E-state index in [4.69, 9.17) is 0 Å². The fourth-order valence-corrected chi connectivity index (χ4v) is 4.52. The monoisotopic (exact) mass is 457 g/mol. The highest BCUT2D eigenvalue weighted by Gasteiger charge is 2.27. The van der Waals surface area contributed by atoms with E-state index in [0.29, 0.717) is 24.6 Å². The molecule has 0 radical (unpaired) electrons. The van der Waals surface area contributed by atoms with Crippen LogP contribution in [0.15, 0.2) is 18.3 Å². The molecule has 0 spiro atoms. The molecule has 3 fully saturated rings. The minimum absolute atomic E-state index is 0. The van der Waals surface area contributed by atoms with Crippen molar-refractivity contribution in [2.24, 2.45) is 5.92 Å². The lowest BCUT2D eigenvalue weighted by Crippen LogP contribution is -2.46. The average molecular weight is 458 g/mol. The Bertz CT molecular complexity index is 691. The van der Waals surface area contributed by atoms with Crippen LogP contribution in [0.25, 0.3) is 0 Å². The molecule has 4 heterocycles. The smallest absolute Gasteiger partial charge is 0.255 e. The first-order valence-corrected chi connectivity index (χ1v) is 10.7. The molecule has 0 saturated carbocycles. The first kappa shape index (κ1) is 24.7. The molecule has 3 aliphatic heterocycles. The number of nitrogens with zero attached hydrogens (tertiary/aromatic N) is 3. The summed E-state index contributed by atoms with van der Waals surface area (Å²) in [6.45, 7) is 5.15. The fraction of sp³-hybridized carbons (Fsp3) is 0.667. The number of aromatic nitrogens is 1. The third-order valence-corrected chi connectivity index (χ3v) is 6.17. The number of rotatable bonds is 5. The molecule has 3 saturated heterocycles. The molecule has 0 aromatic carbocycles. The lowest BCUT2D eigenvalue weighted by molar-refractivity contribution is -0.123.